The molecular weight excluding hydrogens is 270 g/mol. The Hall–Kier alpha value is -1.92. The first-order valence-corrected chi connectivity index (χ1v) is 7.49. The summed E-state index contributed by atoms with van der Waals surface area (Å²) in [5.41, 5.74) is -0.0815. The second-order valence-electron chi connectivity index (χ2n) is 5.40. The van der Waals surface area contributed by atoms with Crippen LogP contribution in [0.25, 0.3) is 0 Å². The molecule has 118 valence electrons. The summed E-state index contributed by atoms with van der Waals surface area (Å²) in [6.45, 7) is 8.95. The molecule has 0 aliphatic rings. The van der Waals surface area contributed by atoms with Crippen LogP contribution < -0.4 is 10.6 Å². The summed E-state index contributed by atoms with van der Waals surface area (Å²) in [5.74, 6) is 1.12. The van der Waals surface area contributed by atoms with Crippen molar-refractivity contribution < 1.29 is 4.92 Å². The number of hydrogen-bond acceptors (Lipinski definition) is 6. The highest BCUT2D eigenvalue weighted by Gasteiger charge is 2.23. The first-order chi connectivity index (χ1) is 9.99. The fourth-order valence-electron chi connectivity index (χ4n) is 2.09. The molecule has 2 atom stereocenters. The predicted molar refractivity (Wildman–Crippen MR) is 84.6 cm³/mol. The third-order valence-electron chi connectivity index (χ3n) is 3.38. The van der Waals surface area contributed by atoms with Gasteiger partial charge in [-0.3, -0.25) is 10.1 Å². The van der Waals surface area contributed by atoms with E-state index in [1.165, 1.54) is 6.33 Å². The number of nitro groups is 1. The summed E-state index contributed by atoms with van der Waals surface area (Å²) in [4.78, 5) is 18.9. The minimum atomic E-state index is -0.434. The lowest BCUT2D eigenvalue weighted by Crippen LogP contribution is -2.20. The topological polar surface area (TPSA) is 93.0 Å². The average molecular weight is 295 g/mol. The van der Waals surface area contributed by atoms with Crippen LogP contribution in [0, 0.1) is 16.0 Å². The van der Waals surface area contributed by atoms with Crippen LogP contribution in [0.4, 0.5) is 17.3 Å². The fourth-order valence-corrected chi connectivity index (χ4v) is 2.09. The van der Waals surface area contributed by atoms with Crippen LogP contribution in [-0.4, -0.2) is 27.5 Å². The van der Waals surface area contributed by atoms with Crippen LogP contribution in [0.5, 0.6) is 0 Å². The van der Waals surface area contributed by atoms with Crippen molar-refractivity contribution in [1.29, 1.82) is 0 Å². The van der Waals surface area contributed by atoms with Gasteiger partial charge in [-0.25, -0.2) is 9.97 Å². The average Bonchev–Trinajstić information content (AvgIpc) is 2.44. The van der Waals surface area contributed by atoms with E-state index in [1.54, 1.807) is 0 Å². The Morgan fingerprint density at radius 1 is 1.29 bits per heavy atom. The van der Waals surface area contributed by atoms with Gasteiger partial charge in [-0.1, -0.05) is 27.2 Å². The van der Waals surface area contributed by atoms with Gasteiger partial charge in [0.15, 0.2) is 0 Å². The standard InChI is InChI=1S/C14H25N5O2/c1-5-7-15-13-12(19(20)21)14(17-9-16-13)18-11(4)8-10(3)6-2/h9-11H,5-8H2,1-4H3,(H2,15,16,17,18). The Bertz CT molecular complexity index is 467. The van der Waals surface area contributed by atoms with Crippen molar-refractivity contribution in [1.82, 2.24) is 9.97 Å². The molecule has 7 heteroatoms. The van der Waals surface area contributed by atoms with Crippen LogP contribution >= 0.6 is 0 Å². The number of aromatic nitrogens is 2. The van der Waals surface area contributed by atoms with Gasteiger partial charge in [0, 0.05) is 12.6 Å². The number of rotatable bonds is 9. The van der Waals surface area contributed by atoms with Gasteiger partial charge in [0.1, 0.15) is 6.33 Å². The minimum Gasteiger partial charge on any atom is -0.364 e. The molecule has 0 aromatic carbocycles. The molecule has 0 saturated carbocycles. The first-order valence-electron chi connectivity index (χ1n) is 7.49. The minimum absolute atomic E-state index is 0.0815. The van der Waals surface area contributed by atoms with Crippen molar-refractivity contribution in [3.8, 4) is 0 Å². The summed E-state index contributed by atoms with van der Waals surface area (Å²) in [5, 5.41) is 17.4. The van der Waals surface area contributed by atoms with Gasteiger partial charge < -0.3 is 10.6 Å². The second-order valence-corrected chi connectivity index (χ2v) is 5.40. The Morgan fingerprint density at radius 3 is 2.52 bits per heavy atom. The van der Waals surface area contributed by atoms with Gasteiger partial charge >= 0.3 is 5.69 Å². The Labute approximate surface area is 125 Å². The van der Waals surface area contributed by atoms with Crippen LogP contribution in [0.1, 0.15) is 47.0 Å². The molecular formula is C14H25N5O2. The van der Waals surface area contributed by atoms with Crippen molar-refractivity contribution in [3.63, 3.8) is 0 Å². The summed E-state index contributed by atoms with van der Waals surface area (Å²) >= 11 is 0. The molecule has 0 bridgehead atoms. The summed E-state index contributed by atoms with van der Waals surface area (Å²) in [7, 11) is 0. The highest BCUT2D eigenvalue weighted by molar-refractivity contribution is 5.69. The first kappa shape index (κ1) is 17.1. The molecule has 21 heavy (non-hydrogen) atoms. The predicted octanol–water partition coefficient (Wildman–Crippen LogP) is 3.44. The highest BCUT2D eigenvalue weighted by atomic mass is 16.6. The van der Waals surface area contributed by atoms with Crippen LogP contribution in [0.2, 0.25) is 0 Å². The van der Waals surface area contributed by atoms with Crippen molar-refractivity contribution in [2.45, 2.75) is 53.0 Å². The molecule has 7 nitrogen and oxygen atoms in total. The molecule has 1 rings (SSSR count). The third kappa shape index (κ3) is 5.17. The molecule has 1 aromatic rings. The molecule has 0 radical (unpaired) electrons. The van der Waals surface area contributed by atoms with Gasteiger partial charge in [-0.05, 0) is 25.7 Å². The zero-order valence-electron chi connectivity index (χ0n) is 13.2. The lowest BCUT2D eigenvalue weighted by molar-refractivity contribution is -0.383. The van der Waals surface area contributed by atoms with E-state index >= 15 is 0 Å². The molecule has 0 spiro atoms. The van der Waals surface area contributed by atoms with E-state index in [0.717, 1.165) is 19.3 Å². The molecule has 2 unspecified atom stereocenters. The largest absolute Gasteiger partial charge is 0.364 e. The zero-order chi connectivity index (χ0) is 15.8. The van der Waals surface area contributed by atoms with Gasteiger partial charge in [0.25, 0.3) is 0 Å². The molecule has 0 fully saturated rings. The third-order valence-corrected chi connectivity index (χ3v) is 3.38. The van der Waals surface area contributed by atoms with Gasteiger partial charge in [0.2, 0.25) is 11.6 Å². The molecule has 2 N–H and O–H groups in total. The lowest BCUT2D eigenvalue weighted by Gasteiger charge is -2.18. The molecule has 1 heterocycles. The second kappa shape index (κ2) is 8.39. The smallest absolute Gasteiger partial charge is 0.353 e. The molecule has 0 aliphatic heterocycles. The van der Waals surface area contributed by atoms with Gasteiger partial charge in [-0.15, -0.1) is 0 Å². The number of hydrogen-bond donors (Lipinski definition) is 2. The monoisotopic (exact) mass is 295 g/mol. The Kier molecular flexibility index (Phi) is 6.84. The molecule has 0 saturated heterocycles. The lowest BCUT2D eigenvalue weighted by atomic mass is 10.0. The van der Waals surface area contributed by atoms with Crippen molar-refractivity contribution in [2.24, 2.45) is 5.92 Å². The zero-order valence-corrected chi connectivity index (χ0v) is 13.2. The summed E-state index contributed by atoms with van der Waals surface area (Å²) < 4.78 is 0. The maximum atomic E-state index is 11.3. The van der Waals surface area contributed by atoms with Crippen molar-refractivity contribution in [2.75, 3.05) is 17.2 Å². The normalized spacial score (nSPS) is 13.5. The molecule has 1 aromatic heterocycles. The molecule has 0 amide bonds. The Morgan fingerprint density at radius 2 is 1.95 bits per heavy atom. The SMILES string of the molecule is CCCNc1ncnc(NC(C)CC(C)CC)c1[N+](=O)[O-]. The highest BCUT2D eigenvalue weighted by Crippen LogP contribution is 2.29. The van der Waals surface area contributed by atoms with E-state index < -0.39 is 4.92 Å². The number of nitrogens with zero attached hydrogens (tertiary/aromatic N) is 3. The van der Waals surface area contributed by atoms with Crippen LogP contribution in [0.15, 0.2) is 6.33 Å². The van der Waals surface area contributed by atoms with E-state index in [4.69, 9.17) is 0 Å². The van der Waals surface area contributed by atoms with Crippen LogP contribution in [0.3, 0.4) is 0 Å². The summed E-state index contributed by atoms with van der Waals surface area (Å²) in [6, 6.07) is 0.118. The molecule has 0 aliphatic carbocycles. The van der Waals surface area contributed by atoms with Crippen molar-refractivity contribution >= 4 is 17.3 Å². The van der Waals surface area contributed by atoms with E-state index in [2.05, 4.69) is 34.4 Å². The van der Waals surface area contributed by atoms with E-state index in [1.807, 2.05) is 13.8 Å². The van der Waals surface area contributed by atoms with E-state index in [9.17, 15) is 10.1 Å². The quantitative estimate of drug-likeness (QED) is 0.535. The Balaban J connectivity index is 2.92. The maximum Gasteiger partial charge on any atom is 0.353 e. The fraction of sp³-hybridized carbons (Fsp3) is 0.714. The van der Waals surface area contributed by atoms with E-state index in [0.29, 0.717) is 12.5 Å². The van der Waals surface area contributed by atoms with Gasteiger partial charge in [-0.2, -0.15) is 0 Å². The van der Waals surface area contributed by atoms with Crippen LogP contribution in [-0.2, 0) is 0 Å². The van der Waals surface area contributed by atoms with Crippen molar-refractivity contribution in [3.05, 3.63) is 16.4 Å². The van der Waals surface area contributed by atoms with E-state index in [-0.39, 0.29) is 23.4 Å². The maximum absolute atomic E-state index is 11.3. The number of nitrogens with one attached hydrogen (secondary N) is 2. The van der Waals surface area contributed by atoms with Gasteiger partial charge in [0.05, 0.1) is 4.92 Å². The number of anilines is 2. The summed E-state index contributed by atoms with van der Waals surface area (Å²) in [6.07, 6.45) is 4.24.